The number of hydrogen-bond acceptors (Lipinski definition) is 5. The van der Waals surface area contributed by atoms with Gasteiger partial charge in [-0.15, -0.1) is 0 Å². The van der Waals surface area contributed by atoms with Crippen molar-refractivity contribution in [3.05, 3.63) is 35.4 Å². The maximum absolute atomic E-state index is 13.9. The molecule has 2 amide bonds. The van der Waals surface area contributed by atoms with E-state index in [2.05, 4.69) is 20.5 Å². The number of likely N-dealkylation sites (N-methyl/N-ethyl adjacent to an activating group) is 1. The standard InChI is InChI=1S/C22H30FN5O3/c1-22(2,3)18(21(31)24-4)26-20(30)17-15-12-27(5)9-6-10-28(15)19(25-17)14-11-13(23)7-8-16(14)29/h7-8,11,18,29H,6,9-10,12H2,1-5H3,(H,24,31)(H,26,30)/t18-/m1/s1. The number of nitrogens with zero attached hydrogens (tertiary/aromatic N) is 3. The van der Waals surface area contributed by atoms with Crippen molar-refractivity contribution in [2.45, 2.75) is 46.3 Å². The lowest BCUT2D eigenvalue weighted by Crippen LogP contribution is -2.53. The van der Waals surface area contributed by atoms with Crippen molar-refractivity contribution in [1.82, 2.24) is 25.1 Å². The molecule has 1 aliphatic rings. The third-order valence-corrected chi connectivity index (χ3v) is 5.48. The molecule has 0 spiro atoms. The average Bonchev–Trinajstić information content (AvgIpc) is 2.92. The summed E-state index contributed by atoms with van der Waals surface area (Å²) in [6.07, 6.45) is 0.812. The molecule has 0 saturated heterocycles. The van der Waals surface area contributed by atoms with Crippen LogP contribution in [0.1, 0.15) is 43.4 Å². The number of benzene rings is 1. The van der Waals surface area contributed by atoms with Gasteiger partial charge in [-0.2, -0.15) is 0 Å². The van der Waals surface area contributed by atoms with E-state index in [1.807, 2.05) is 32.4 Å². The van der Waals surface area contributed by atoms with Gasteiger partial charge in [0.15, 0.2) is 5.69 Å². The molecule has 3 rings (SSSR count). The van der Waals surface area contributed by atoms with Crippen molar-refractivity contribution in [2.75, 3.05) is 20.6 Å². The molecule has 0 fully saturated rings. The summed E-state index contributed by atoms with van der Waals surface area (Å²) in [4.78, 5) is 32.3. The Balaban J connectivity index is 2.10. The highest BCUT2D eigenvalue weighted by Crippen LogP contribution is 2.32. The Bertz CT molecular complexity index is 996. The predicted molar refractivity (Wildman–Crippen MR) is 115 cm³/mol. The molecule has 1 atom stereocenters. The van der Waals surface area contributed by atoms with Crippen LogP contribution in [0.5, 0.6) is 5.75 Å². The molecule has 9 heteroatoms. The molecule has 168 valence electrons. The highest BCUT2D eigenvalue weighted by Gasteiger charge is 2.35. The van der Waals surface area contributed by atoms with E-state index >= 15 is 0 Å². The number of nitrogens with one attached hydrogen (secondary N) is 2. The minimum atomic E-state index is -0.767. The second kappa shape index (κ2) is 8.66. The lowest BCUT2D eigenvalue weighted by molar-refractivity contribution is -0.124. The van der Waals surface area contributed by atoms with Gasteiger partial charge in [0.1, 0.15) is 23.4 Å². The Morgan fingerprint density at radius 2 is 1.97 bits per heavy atom. The zero-order valence-electron chi connectivity index (χ0n) is 18.6. The van der Waals surface area contributed by atoms with E-state index in [4.69, 9.17) is 0 Å². The molecule has 0 bridgehead atoms. The van der Waals surface area contributed by atoms with Crippen LogP contribution in [0.15, 0.2) is 18.2 Å². The summed E-state index contributed by atoms with van der Waals surface area (Å²) in [6, 6.07) is 2.89. The Labute approximate surface area is 181 Å². The van der Waals surface area contributed by atoms with Gasteiger partial charge in [-0.25, -0.2) is 9.37 Å². The normalized spacial score (nSPS) is 15.7. The van der Waals surface area contributed by atoms with Gasteiger partial charge >= 0.3 is 0 Å². The third kappa shape index (κ3) is 4.71. The molecular formula is C22H30FN5O3. The molecule has 31 heavy (non-hydrogen) atoms. The van der Waals surface area contributed by atoms with Gasteiger partial charge in [-0.3, -0.25) is 9.59 Å². The molecule has 1 aromatic carbocycles. The molecule has 1 aliphatic heterocycles. The molecule has 0 radical (unpaired) electrons. The van der Waals surface area contributed by atoms with E-state index in [0.29, 0.717) is 24.6 Å². The number of fused-ring (bicyclic) bond motifs is 1. The first-order valence-corrected chi connectivity index (χ1v) is 10.3. The summed E-state index contributed by atoms with van der Waals surface area (Å²) < 4.78 is 15.8. The minimum absolute atomic E-state index is 0.114. The minimum Gasteiger partial charge on any atom is -0.507 e. The Morgan fingerprint density at radius 1 is 1.26 bits per heavy atom. The molecule has 2 heterocycles. The van der Waals surface area contributed by atoms with Crippen molar-refractivity contribution < 1.29 is 19.1 Å². The monoisotopic (exact) mass is 431 g/mol. The summed E-state index contributed by atoms with van der Waals surface area (Å²) >= 11 is 0. The highest BCUT2D eigenvalue weighted by molar-refractivity contribution is 5.98. The van der Waals surface area contributed by atoms with Crippen LogP contribution in [-0.2, 0) is 17.9 Å². The van der Waals surface area contributed by atoms with Crippen LogP contribution in [0.4, 0.5) is 4.39 Å². The third-order valence-electron chi connectivity index (χ3n) is 5.48. The van der Waals surface area contributed by atoms with Gasteiger partial charge in [0, 0.05) is 20.1 Å². The topological polar surface area (TPSA) is 99.5 Å². The number of amides is 2. The van der Waals surface area contributed by atoms with Gasteiger partial charge in [-0.05, 0) is 43.6 Å². The number of halogens is 1. The molecule has 2 aromatic rings. The predicted octanol–water partition coefficient (Wildman–Crippen LogP) is 2.12. The summed E-state index contributed by atoms with van der Waals surface area (Å²) in [5, 5.41) is 15.7. The van der Waals surface area contributed by atoms with Crippen LogP contribution in [0.3, 0.4) is 0 Å². The number of imidazole rings is 1. The summed E-state index contributed by atoms with van der Waals surface area (Å²) in [5.41, 5.74) is 0.544. The van der Waals surface area contributed by atoms with Crippen LogP contribution in [0.2, 0.25) is 0 Å². The van der Waals surface area contributed by atoms with Crippen LogP contribution < -0.4 is 10.6 Å². The van der Waals surface area contributed by atoms with Crippen molar-refractivity contribution in [2.24, 2.45) is 5.41 Å². The maximum Gasteiger partial charge on any atom is 0.272 e. The Hall–Kier alpha value is -2.94. The number of carbonyl (C=O) groups excluding carboxylic acids is 2. The summed E-state index contributed by atoms with van der Waals surface area (Å²) in [7, 11) is 3.47. The molecule has 0 aliphatic carbocycles. The van der Waals surface area contributed by atoms with Crippen molar-refractivity contribution in [3.8, 4) is 17.1 Å². The van der Waals surface area contributed by atoms with E-state index in [1.54, 1.807) is 0 Å². The largest absolute Gasteiger partial charge is 0.507 e. The van der Waals surface area contributed by atoms with E-state index in [-0.39, 0.29) is 22.9 Å². The number of hydrogen-bond donors (Lipinski definition) is 3. The van der Waals surface area contributed by atoms with E-state index in [9.17, 15) is 19.1 Å². The number of phenolic OH excluding ortho intramolecular Hbond substituents is 1. The number of aromatic nitrogens is 2. The van der Waals surface area contributed by atoms with E-state index < -0.39 is 23.2 Å². The molecular weight excluding hydrogens is 401 g/mol. The molecule has 3 N–H and O–H groups in total. The first-order chi connectivity index (χ1) is 14.5. The summed E-state index contributed by atoms with van der Waals surface area (Å²) in [6.45, 7) is 7.45. The fourth-order valence-electron chi connectivity index (χ4n) is 3.81. The lowest BCUT2D eigenvalue weighted by Gasteiger charge is -2.29. The molecule has 0 saturated carbocycles. The van der Waals surface area contributed by atoms with Crippen LogP contribution >= 0.6 is 0 Å². The number of rotatable bonds is 4. The van der Waals surface area contributed by atoms with Crippen LogP contribution in [0.25, 0.3) is 11.4 Å². The van der Waals surface area contributed by atoms with E-state index in [1.165, 1.54) is 25.2 Å². The van der Waals surface area contributed by atoms with E-state index in [0.717, 1.165) is 13.0 Å². The first kappa shape index (κ1) is 22.7. The lowest BCUT2D eigenvalue weighted by atomic mass is 9.86. The van der Waals surface area contributed by atoms with Gasteiger partial charge in [0.25, 0.3) is 5.91 Å². The zero-order chi connectivity index (χ0) is 22.9. The Kier molecular flexibility index (Phi) is 6.35. The number of aromatic hydroxyl groups is 1. The van der Waals surface area contributed by atoms with Crippen molar-refractivity contribution >= 4 is 11.8 Å². The second-order valence-electron chi connectivity index (χ2n) is 9.02. The maximum atomic E-state index is 13.9. The number of phenols is 1. The molecule has 0 unspecified atom stereocenters. The van der Waals surface area contributed by atoms with Crippen LogP contribution in [0, 0.1) is 11.2 Å². The number of carbonyl (C=O) groups is 2. The highest BCUT2D eigenvalue weighted by atomic mass is 19.1. The zero-order valence-corrected chi connectivity index (χ0v) is 18.6. The van der Waals surface area contributed by atoms with Gasteiger partial charge in [-0.1, -0.05) is 20.8 Å². The summed E-state index contributed by atoms with van der Waals surface area (Å²) in [5.74, 6) is -1.07. The first-order valence-electron chi connectivity index (χ1n) is 10.3. The molecule has 8 nitrogen and oxygen atoms in total. The fraction of sp³-hybridized carbons (Fsp3) is 0.500. The smallest absolute Gasteiger partial charge is 0.272 e. The quantitative estimate of drug-likeness (QED) is 0.689. The van der Waals surface area contributed by atoms with Gasteiger partial charge in [0.2, 0.25) is 5.91 Å². The fourth-order valence-corrected chi connectivity index (χ4v) is 3.81. The Morgan fingerprint density at radius 3 is 2.61 bits per heavy atom. The van der Waals surface area contributed by atoms with Crippen molar-refractivity contribution in [1.29, 1.82) is 0 Å². The van der Waals surface area contributed by atoms with Crippen LogP contribution in [-0.4, -0.2) is 58.1 Å². The second-order valence-corrected chi connectivity index (χ2v) is 9.02. The van der Waals surface area contributed by atoms with Gasteiger partial charge in [0.05, 0.1) is 11.3 Å². The average molecular weight is 432 g/mol. The molecule has 1 aromatic heterocycles. The van der Waals surface area contributed by atoms with Gasteiger partial charge < -0.3 is 25.2 Å². The SMILES string of the molecule is CNC(=O)[C@@H](NC(=O)c1nc(-c2cc(F)ccc2O)n2c1CN(C)CCC2)C(C)(C)C. The van der Waals surface area contributed by atoms with Crippen molar-refractivity contribution in [3.63, 3.8) is 0 Å².